The van der Waals surface area contributed by atoms with E-state index in [1.54, 1.807) is 6.92 Å². The van der Waals surface area contributed by atoms with Gasteiger partial charge in [-0.05, 0) is 25.1 Å². The lowest BCUT2D eigenvalue weighted by atomic mass is 10.1. The number of carbonyl (C=O) groups excluding carboxylic acids is 2. The molecule has 0 bridgehead atoms. The van der Waals surface area contributed by atoms with Gasteiger partial charge in [-0.2, -0.15) is 0 Å². The number of phenols is 1. The van der Waals surface area contributed by atoms with E-state index in [4.69, 9.17) is 0 Å². The smallest absolute Gasteiger partial charge is 0.258 e. The van der Waals surface area contributed by atoms with E-state index in [0.717, 1.165) is 18.2 Å². The zero-order valence-corrected chi connectivity index (χ0v) is 9.81. The number of halogens is 1. The van der Waals surface area contributed by atoms with Crippen molar-refractivity contribution >= 4 is 11.8 Å². The lowest BCUT2D eigenvalue weighted by Gasteiger charge is -2.32. The second-order valence-corrected chi connectivity index (χ2v) is 4.13. The Bertz CT molecular complexity index is 504. The van der Waals surface area contributed by atoms with Gasteiger partial charge in [0.1, 0.15) is 17.6 Å². The van der Waals surface area contributed by atoms with Crippen molar-refractivity contribution in [1.82, 2.24) is 10.2 Å². The molecular formula is C12H13FN2O3. The number of benzene rings is 1. The van der Waals surface area contributed by atoms with Crippen LogP contribution in [-0.2, 0) is 4.79 Å². The molecule has 1 fully saturated rings. The Labute approximate surface area is 103 Å². The fourth-order valence-corrected chi connectivity index (χ4v) is 1.89. The van der Waals surface area contributed by atoms with E-state index in [0.29, 0.717) is 13.1 Å². The summed E-state index contributed by atoms with van der Waals surface area (Å²) >= 11 is 0. The third-order valence-electron chi connectivity index (χ3n) is 2.95. The maximum Gasteiger partial charge on any atom is 0.258 e. The van der Waals surface area contributed by atoms with Crippen LogP contribution < -0.4 is 5.32 Å². The number of rotatable bonds is 1. The topological polar surface area (TPSA) is 69.6 Å². The minimum atomic E-state index is -0.631. The van der Waals surface area contributed by atoms with Gasteiger partial charge >= 0.3 is 0 Å². The number of nitrogens with one attached hydrogen (secondary N) is 1. The number of aromatic hydroxyl groups is 1. The molecule has 1 aliphatic rings. The highest BCUT2D eigenvalue weighted by atomic mass is 19.1. The minimum Gasteiger partial charge on any atom is -0.507 e. The van der Waals surface area contributed by atoms with Crippen LogP contribution in [0.5, 0.6) is 5.75 Å². The summed E-state index contributed by atoms with van der Waals surface area (Å²) < 4.78 is 13.1. The van der Waals surface area contributed by atoms with Crippen LogP contribution in [-0.4, -0.2) is 41.0 Å². The number of amides is 2. The highest BCUT2D eigenvalue weighted by molar-refractivity contribution is 6.00. The molecule has 1 aromatic carbocycles. The number of piperazine rings is 1. The van der Waals surface area contributed by atoms with E-state index < -0.39 is 17.8 Å². The van der Waals surface area contributed by atoms with E-state index >= 15 is 0 Å². The van der Waals surface area contributed by atoms with Crippen molar-refractivity contribution in [3.8, 4) is 5.75 Å². The van der Waals surface area contributed by atoms with Gasteiger partial charge in [0.2, 0.25) is 5.91 Å². The van der Waals surface area contributed by atoms with Gasteiger partial charge in [0.05, 0.1) is 5.56 Å². The SMILES string of the molecule is CC1C(=O)NCCN1C(=O)c1cc(F)ccc1O. The van der Waals surface area contributed by atoms with Gasteiger partial charge in [0.15, 0.2) is 0 Å². The molecule has 0 saturated carbocycles. The van der Waals surface area contributed by atoms with Gasteiger partial charge in [-0.15, -0.1) is 0 Å². The van der Waals surface area contributed by atoms with Gasteiger partial charge in [0.25, 0.3) is 5.91 Å². The first kappa shape index (κ1) is 12.3. The molecule has 1 heterocycles. The van der Waals surface area contributed by atoms with Crippen LogP contribution in [0.1, 0.15) is 17.3 Å². The molecule has 2 N–H and O–H groups in total. The Morgan fingerprint density at radius 2 is 2.28 bits per heavy atom. The van der Waals surface area contributed by atoms with Crippen molar-refractivity contribution in [2.75, 3.05) is 13.1 Å². The Hall–Kier alpha value is -2.11. The maximum absolute atomic E-state index is 13.1. The molecule has 0 spiro atoms. The first-order valence-corrected chi connectivity index (χ1v) is 5.58. The standard InChI is InChI=1S/C12H13FN2O3/c1-7-11(17)14-4-5-15(7)12(18)9-6-8(13)2-3-10(9)16/h2-3,6-7,16H,4-5H2,1H3,(H,14,17). The third-order valence-corrected chi connectivity index (χ3v) is 2.95. The Kier molecular flexibility index (Phi) is 3.18. The number of nitrogens with zero attached hydrogens (tertiary/aromatic N) is 1. The lowest BCUT2D eigenvalue weighted by Crippen LogP contribution is -2.55. The molecule has 1 saturated heterocycles. The average molecular weight is 252 g/mol. The Balaban J connectivity index is 2.30. The van der Waals surface area contributed by atoms with E-state index in [9.17, 15) is 19.1 Å². The minimum absolute atomic E-state index is 0.128. The van der Waals surface area contributed by atoms with Crippen molar-refractivity contribution in [2.24, 2.45) is 0 Å². The fraction of sp³-hybridized carbons (Fsp3) is 0.333. The molecule has 18 heavy (non-hydrogen) atoms. The number of phenolic OH excluding ortho intramolecular Hbond substituents is 1. The highest BCUT2D eigenvalue weighted by Crippen LogP contribution is 2.21. The molecule has 6 heteroatoms. The molecule has 1 aliphatic heterocycles. The van der Waals surface area contributed by atoms with Gasteiger partial charge in [-0.1, -0.05) is 0 Å². The van der Waals surface area contributed by atoms with Gasteiger partial charge in [0, 0.05) is 13.1 Å². The zero-order chi connectivity index (χ0) is 13.3. The predicted octanol–water partition coefficient (Wildman–Crippen LogP) is 0.492. The van der Waals surface area contributed by atoms with E-state index in [2.05, 4.69) is 5.32 Å². The summed E-state index contributed by atoms with van der Waals surface area (Å²) in [6.45, 7) is 2.27. The molecule has 0 aromatic heterocycles. The van der Waals surface area contributed by atoms with Crippen molar-refractivity contribution in [1.29, 1.82) is 0 Å². The zero-order valence-electron chi connectivity index (χ0n) is 9.81. The van der Waals surface area contributed by atoms with Crippen LogP contribution in [0.2, 0.25) is 0 Å². The number of hydrogen-bond acceptors (Lipinski definition) is 3. The molecular weight excluding hydrogens is 239 g/mol. The Morgan fingerprint density at radius 1 is 1.56 bits per heavy atom. The Morgan fingerprint density at radius 3 is 3.00 bits per heavy atom. The van der Waals surface area contributed by atoms with E-state index in [1.165, 1.54) is 4.90 Å². The van der Waals surface area contributed by atoms with Crippen molar-refractivity contribution in [3.05, 3.63) is 29.6 Å². The molecule has 1 aromatic rings. The van der Waals surface area contributed by atoms with Gasteiger partial charge in [-0.3, -0.25) is 9.59 Å². The molecule has 5 nitrogen and oxygen atoms in total. The van der Waals surface area contributed by atoms with Crippen molar-refractivity contribution in [2.45, 2.75) is 13.0 Å². The summed E-state index contributed by atoms with van der Waals surface area (Å²) in [6.07, 6.45) is 0. The highest BCUT2D eigenvalue weighted by Gasteiger charge is 2.31. The quantitative estimate of drug-likeness (QED) is 0.764. The summed E-state index contributed by atoms with van der Waals surface area (Å²) in [5, 5.41) is 12.2. The summed E-state index contributed by atoms with van der Waals surface area (Å²) in [7, 11) is 0. The molecule has 1 atom stereocenters. The molecule has 2 rings (SSSR count). The molecule has 1 unspecified atom stereocenters. The average Bonchev–Trinajstić information content (AvgIpc) is 2.35. The van der Waals surface area contributed by atoms with Crippen molar-refractivity contribution < 1.29 is 19.1 Å². The summed E-state index contributed by atoms with van der Waals surface area (Å²) in [5.74, 6) is -1.70. The maximum atomic E-state index is 13.1. The summed E-state index contributed by atoms with van der Waals surface area (Å²) in [5.41, 5.74) is -0.128. The number of carbonyl (C=O) groups is 2. The first-order valence-electron chi connectivity index (χ1n) is 5.58. The lowest BCUT2D eigenvalue weighted by molar-refractivity contribution is -0.127. The van der Waals surface area contributed by atoms with Crippen LogP contribution in [0.15, 0.2) is 18.2 Å². The first-order chi connectivity index (χ1) is 8.50. The van der Waals surface area contributed by atoms with Crippen LogP contribution in [0.3, 0.4) is 0 Å². The second kappa shape index (κ2) is 4.64. The molecule has 2 amide bonds. The van der Waals surface area contributed by atoms with Crippen LogP contribution in [0.25, 0.3) is 0 Å². The van der Waals surface area contributed by atoms with Crippen molar-refractivity contribution in [3.63, 3.8) is 0 Å². The fourth-order valence-electron chi connectivity index (χ4n) is 1.89. The summed E-state index contributed by atoms with van der Waals surface area (Å²) in [6, 6.07) is 2.53. The normalized spacial score (nSPS) is 19.6. The molecule has 0 radical (unpaired) electrons. The van der Waals surface area contributed by atoms with E-state index in [-0.39, 0.29) is 17.2 Å². The predicted molar refractivity (Wildman–Crippen MR) is 61.6 cm³/mol. The third kappa shape index (κ3) is 2.13. The largest absolute Gasteiger partial charge is 0.507 e. The molecule has 0 aliphatic carbocycles. The van der Waals surface area contributed by atoms with Crippen LogP contribution >= 0.6 is 0 Å². The summed E-state index contributed by atoms with van der Waals surface area (Å²) in [4.78, 5) is 24.9. The van der Waals surface area contributed by atoms with Crippen LogP contribution in [0.4, 0.5) is 4.39 Å². The van der Waals surface area contributed by atoms with Gasteiger partial charge < -0.3 is 15.3 Å². The van der Waals surface area contributed by atoms with Gasteiger partial charge in [-0.25, -0.2) is 4.39 Å². The second-order valence-electron chi connectivity index (χ2n) is 4.13. The molecule has 96 valence electrons. The van der Waals surface area contributed by atoms with E-state index in [1.807, 2.05) is 0 Å². The monoisotopic (exact) mass is 252 g/mol. The number of hydrogen-bond donors (Lipinski definition) is 2. The van der Waals surface area contributed by atoms with Crippen LogP contribution in [0, 0.1) is 5.82 Å².